The molecule has 0 unspecified atom stereocenters. The van der Waals surface area contributed by atoms with Crippen LogP contribution in [-0.4, -0.2) is 17.6 Å². The van der Waals surface area contributed by atoms with Crippen LogP contribution >= 0.6 is 0 Å². The molecule has 21 heavy (non-hydrogen) atoms. The predicted octanol–water partition coefficient (Wildman–Crippen LogP) is 3.07. The van der Waals surface area contributed by atoms with Crippen molar-refractivity contribution in [2.75, 3.05) is 6.54 Å². The number of hydrogen-bond donors (Lipinski definition) is 2. The van der Waals surface area contributed by atoms with E-state index in [2.05, 4.69) is 5.32 Å². The van der Waals surface area contributed by atoms with Gasteiger partial charge in [0, 0.05) is 12.6 Å². The molecule has 2 aromatic carbocycles. The first-order valence-corrected chi connectivity index (χ1v) is 6.94. The van der Waals surface area contributed by atoms with Crippen molar-refractivity contribution in [2.45, 2.75) is 13.3 Å². The number of amides is 1. The van der Waals surface area contributed by atoms with Crippen molar-refractivity contribution in [1.82, 2.24) is 5.32 Å². The second-order valence-electron chi connectivity index (χ2n) is 4.95. The lowest BCUT2D eigenvalue weighted by atomic mass is 10.1. The molecule has 0 bridgehead atoms. The maximum Gasteiger partial charge on any atom is 0.244 e. The number of nitrogens with one attached hydrogen (secondary N) is 1. The SMILES string of the molecule is Cc1ccc(/C=C/C(=O)NCCc2ccc(O)cc2)cc1. The van der Waals surface area contributed by atoms with Crippen LogP contribution in [0.15, 0.2) is 54.6 Å². The largest absolute Gasteiger partial charge is 0.508 e. The number of benzene rings is 2. The Morgan fingerprint density at radius 3 is 2.43 bits per heavy atom. The zero-order chi connectivity index (χ0) is 15.1. The van der Waals surface area contributed by atoms with Gasteiger partial charge in [0.1, 0.15) is 5.75 Å². The Morgan fingerprint density at radius 1 is 1.10 bits per heavy atom. The second kappa shape index (κ2) is 7.29. The van der Waals surface area contributed by atoms with Gasteiger partial charge >= 0.3 is 0 Å². The number of aryl methyl sites for hydroxylation is 1. The fourth-order valence-corrected chi connectivity index (χ4v) is 1.90. The quantitative estimate of drug-likeness (QED) is 0.827. The van der Waals surface area contributed by atoms with Gasteiger partial charge in [-0.2, -0.15) is 0 Å². The lowest BCUT2D eigenvalue weighted by Crippen LogP contribution is -2.23. The van der Waals surface area contributed by atoms with E-state index in [-0.39, 0.29) is 11.7 Å². The van der Waals surface area contributed by atoms with Gasteiger partial charge in [0.2, 0.25) is 5.91 Å². The average Bonchev–Trinajstić information content (AvgIpc) is 2.49. The summed E-state index contributed by atoms with van der Waals surface area (Å²) in [7, 11) is 0. The number of carbonyl (C=O) groups is 1. The van der Waals surface area contributed by atoms with Crippen molar-refractivity contribution >= 4 is 12.0 Å². The van der Waals surface area contributed by atoms with Gasteiger partial charge in [-0.1, -0.05) is 42.0 Å². The minimum absolute atomic E-state index is 0.102. The highest BCUT2D eigenvalue weighted by molar-refractivity contribution is 5.91. The molecular formula is C18H19NO2. The van der Waals surface area contributed by atoms with Crippen molar-refractivity contribution in [3.63, 3.8) is 0 Å². The van der Waals surface area contributed by atoms with E-state index in [4.69, 9.17) is 0 Å². The summed E-state index contributed by atoms with van der Waals surface area (Å²) in [6.45, 7) is 2.60. The summed E-state index contributed by atoms with van der Waals surface area (Å²) in [5.41, 5.74) is 3.29. The number of phenolic OH excluding ortho intramolecular Hbond substituents is 1. The Morgan fingerprint density at radius 2 is 1.76 bits per heavy atom. The molecule has 2 rings (SSSR count). The molecule has 0 spiro atoms. The topological polar surface area (TPSA) is 49.3 Å². The van der Waals surface area contributed by atoms with Crippen LogP contribution in [0.2, 0.25) is 0 Å². The van der Waals surface area contributed by atoms with E-state index in [0.717, 1.165) is 17.5 Å². The van der Waals surface area contributed by atoms with Crippen LogP contribution in [0, 0.1) is 6.92 Å². The summed E-state index contributed by atoms with van der Waals surface area (Å²) in [6, 6.07) is 15.0. The Bertz CT molecular complexity index is 613. The highest BCUT2D eigenvalue weighted by Gasteiger charge is 1.97. The van der Waals surface area contributed by atoms with Crippen molar-refractivity contribution in [2.24, 2.45) is 0 Å². The highest BCUT2D eigenvalue weighted by atomic mass is 16.3. The summed E-state index contributed by atoms with van der Waals surface area (Å²) < 4.78 is 0. The summed E-state index contributed by atoms with van der Waals surface area (Å²) in [5.74, 6) is 0.151. The first kappa shape index (κ1) is 14.9. The molecule has 3 heteroatoms. The van der Waals surface area contributed by atoms with Gasteiger partial charge in [-0.05, 0) is 42.7 Å². The first-order chi connectivity index (χ1) is 10.1. The molecule has 2 aromatic rings. The van der Waals surface area contributed by atoms with Crippen molar-refractivity contribution in [3.8, 4) is 5.75 Å². The van der Waals surface area contributed by atoms with Gasteiger partial charge in [-0.25, -0.2) is 0 Å². The van der Waals surface area contributed by atoms with Crippen LogP contribution in [0.25, 0.3) is 6.08 Å². The zero-order valence-electron chi connectivity index (χ0n) is 12.0. The number of aromatic hydroxyl groups is 1. The van der Waals surface area contributed by atoms with Crippen molar-refractivity contribution in [3.05, 3.63) is 71.3 Å². The Kier molecular flexibility index (Phi) is 5.16. The molecule has 0 radical (unpaired) electrons. The van der Waals surface area contributed by atoms with Gasteiger partial charge in [0.15, 0.2) is 0 Å². The van der Waals surface area contributed by atoms with E-state index in [1.54, 1.807) is 24.3 Å². The molecule has 3 nitrogen and oxygen atoms in total. The number of phenols is 1. The molecule has 0 atom stereocenters. The maximum atomic E-state index is 11.7. The Balaban J connectivity index is 1.77. The van der Waals surface area contributed by atoms with Crippen LogP contribution in [0.5, 0.6) is 5.75 Å². The van der Waals surface area contributed by atoms with Crippen LogP contribution < -0.4 is 5.32 Å². The maximum absolute atomic E-state index is 11.7. The minimum atomic E-state index is -0.102. The molecule has 0 aliphatic rings. The van der Waals surface area contributed by atoms with Gasteiger partial charge in [-0.15, -0.1) is 0 Å². The molecule has 1 amide bonds. The molecule has 0 aliphatic heterocycles. The Hall–Kier alpha value is -2.55. The van der Waals surface area contributed by atoms with Gasteiger partial charge in [0.25, 0.3) is 0 Å². The van der Waals surface area contributed by atoms with Gasteiger partial charge in [-0.3, -0.25) is 4.79 Å². The van der Waals surface area contributed by atoms with E-state index in [0.29, 0.717) is 6.54 Å². The second-order valence-corrected chi connectivity index (χ2v) is 4.95. The predicted molar refractivity (Wildman–Crippen MR) is 85.0 cm³/mol. The fourth-order valence-electron chi connectivity index (χ4n) is 1.90. The molecule has 108 valence electrons. The third-order valence-corrected chi connectivity index (χ3v) is 3.15. The molecule has 0 fully saturated rings. The standard InChI is InChI=1S/C18H19NO2/c1-14-2-4-15(5-3-14)8-11-18(21)19-13-12-16-6-9-17(20)10-7-16/h2-11,20H,12-13H2,1H3,(H,19,21)/b11-8+. The van der Waals surface area contributed by atoms with Crippen LogP contribution in [0.3, 0.4) is 0 Å². The van der Waals surface area contributed by atoms with E-state index in [1.165, 1.54) is 5.56 Å². The number of carbonyl (C=O) groups excluding carboxylic acids is 1. The lowest BCUT2D eigenvalue weighted by molar-refractivity contribution is -0.116. The van der Waals surface area contributed by atoms with E-state index >= 15 is 0 Å². The fraction of sp³-hybridized carbons (Fsp3) is 0.167. The number of hydrogen-bond acceptors (Lipinski definition) is 2. The molecule has 2 N–H and O–H groups in total. The van der Waals surface area contributed by atoms with Crippen LogP contribution in [0.4, 0.5) is 0 Å². The van der Waals surface area contributed by atoms with E-state index in [9.17, 15) is 9.90 Å². The van der Waals surface area contributed by atoms with E-state index in [1.807, 2.05) is 43.3 Å². The summed E-state index contributed by atoms with van der Waals surface area (Å²) in [4.78, 5) is 11.7. The molecule has 0 aromatic heterocycles. The van der Waals surface area contributed by atoms with Crippen LogP contribution in [0.1, 0.15) is 16.7 Å². The van der Waals surface area contributed by atoms with Gasteiger partial charge < -0.3 is 10.4 Å². The molecular weight excluding hydrogens is 262 g/mol. The third kappa shape index (κ3) is 5.15. The van der Waals surface area contributed by atoms with Crippen molar-refractivity contribution < 1.29 is 9.90 Å². The van der Waals surface area contributed by atoms with Gasteiger partial charge in [0.05, 0.1) is 0 Å². The third-order valence-electron chi connectivity index (χ3n) is 3.15. The molecule has 0 heterocycles. The normalized spacial score (nSPS) is 10.7. The summed E-state index contributed by atoms with van der Waals surface area (Å²) >= 11 is 0. The van der Waals surface area contributed by atoms with E-state index < -0.39 is 0 Å². The highest BCUT2D eigenvalue weighted by Crippen LogP contribution is 2.09. The van der Waals surface area contributed by atoms with Crippen LogP contribution in [-0.2, 0) is 11.2 Å². The summed E-state index contributed by atoms with van der Waals surface area (Å²) in [6.07, 6.45) is 4.08. The van der Waals surface area contributed by atoms with Crippen molar-refractivity contribution in [1.29, 1.82) is 0 Å². The number of rotatable bonds is 5. The first-order valence-electron chi connectivity index (χ1n) is 6.94. The smallest absolute Gasteiger partial charge is 0.244 e. The monoisotopic (exact) mass is 281 g/mol. The summed E-state index contributed by atoms with van der Waals surface area (Å²) in [5, 5.41) is 12.0. The zero-order valence-corrected chi connectivity index (χ0v) is 12.0. The molecule has 0 saturated carbocycles. The minimum Gasteiger partial charge on any atom is -0.508 e. The Labute approximate surface area is 124 Å². The molecule has 0 aliphatic carbocycles. The molecule has 0 saturated heterocycles. The lowest BCUT2D eigenvalue weighted by Gasteiger charge is -2.03. The average molecular weight is 281 g/mol.